The van der Waals surface area contributed by atoms with E-state index in [0.29, 0.717) is 11.7 Å². The fourth-order valence-electron chi connectivity index (χ4n) is 1.55. The SMILES string of the molecule is CCc1csc(NC(=O)NCCCn2ccnc2)n1. The maximum absolute atomic E-state index is 11.6. The number of nitrogens with one attached hydrogen (secondary N) is 2. The average molecular weight is 279 g/mol. The second-order valence-electron chi connectivity index (χ2n) is 4.03. The van der Waals surface area contributed by atoms with Crippen molar-refractivity contribution in [2.45, 2.75) is 26.3 Å². The molecule has 2 aromatic heterocycles. The Morgan fingerprint density at radius 3 is 3.11 bits per heavy atom. The number of hydrogen-bond donors (Lipinski definition) is 2. The Labute approximate surface area is 115 Å². The lowest BCUT2D eigenvalue weighted by molar-refractivity contribution is 0.252. The van der Waals surface area contributed by atoms with E-state index in [9.17, 15) is 4.79 Å². The number of amides is 2. The number of rotatable bonds is 6. The first-order valence-corrected chi connectivity index (χ1v) is 7.11. The fraction of sp³-hybridized carbons (Fsp3) is 0.417. The maximum Gasteiger partial charge on any atom is 0.321 e. The molecule has 2 rings (SSSR count). The van der Waals surface area contributed by atoms with E-state index in [-0.39, 0.29) is 6.03 Å². The lowest BCUT2D eigenvalue weighted by Gasteiger charge is -2.05. The summed E-state index contributed by atoms with van der Waals surface area (Å²) in [5.41, 5.74) is 1.00. The van der Waals surface area contributed by atoms with Crippen molar-refractivity contribution in [1.29, 1.82) is 0 Å². The first kappa shape index (κ1) is 13.5. The van der Waals surface area contributed by atoms with E-state index in [1.807, 2.05) is 23.1 Å². The van der Waals surface area contributed by atoms with E-state index in [1.54, 1.807) is 12.5 Å². The number of imidazole rings is 1. The van der Waals surface area contributed by atoms with E-state index < -0.39 is 0 Å². The minimum atomic E-state index is -0.206. The highest BCUT2D eigenvalue weighted by Gasteiger charge is 2.04. The van der Waals surface area contributed by atoms with E-state index in [4.69, 9.17) is 0 Å². The molecule has 0 atom stereocenters. The van der Waals surface area contributed by atoms with E-state index in [2.05, 4.69) is 20.6 Å². The molecule has 2 amide bonds. The second kappa shape index (κ2) is 6.89. The summed E-state index contributed by atoms with van der Waals surface area (Å²) in [7, 11) is 0. The highest BCUT2D eigenvalue weighted by molar-refractivity contribution is 7.13. The minimum Gasteiger partial charge on any atom is -0.338 e. The fourth-order valence-corrected chi connectivity index (χ4v) is 2.34. The van der Waals surface area contributed by atoms with Gasteiger partial charge in [-0.05, 0) is 12.8 Å². The third kappa shape index (κ3) is 4.36. The van der Waals surface area contributed by atoms with Crippen molar-refractivity contribution in [2.75, 3.05) is 11.9 Å². The van der Waals surface area contributed by atoms with Crippen LogP contribution in [0.5, 0.6) is 0 Å². The van der Waals surface area contributed by atoms with Crippen LogP contribution in [0.15, 0.2) is 24.1 Å². The minimum absolute atomic E-state index is 0.206. The zero-order valence-electron chi connectivity index (χ0n) is 10.8. The van der Waals surface area contributed by atoms with Crippen LogP contribution in [0, 0.1) is 0 Å². The third-order valence-corrected chi connectivity index (χ3v) is 3.38. The number of nitrogens with zero attached hydrogens (tertiary/aromatic N) is 3. The number of urea groups is 1. The number of aromatic nitrogens is 3. The van der Waals surface area contributed by atoms with Gasteiger partial charge >= 0.3 is 6.03 Å². The summed E-state index contributed by atoms with van der Waals surface area (Å²) in [5.74, 6) is 0. The summed E-state index contributed by atoms with van der Waals surface area (Å²) < 4.78 is 1.98. The van der Waals surface area contributed by atoms with Crippen molar-refractivity contribution in [3.8, 4) is 0 Å². The van der Waals surface area contributed by atoms with Crippen LogP contribution in [0.4, 0.5) is 9.93 Å². The normalized spacial score (nSPS) is 10.4. The highest BCUT2D eigenvalue weighted by atomic mass is 32.1. The van der Waals surface area contributed by atoms with Gasteiger partial charge in [0.1, 0.15) is 0 Å². The van der Waals surface area contributed by atoms with Gasteiger partial charge in [0.05, 0.1) is 12.0 Å². The zero-order chi connectivity index (χ0) is 13.5. The van der Waals surface area contributed by atoms with Gasteiger partial charge in [-0.3, -0.25) is 5.32 Å². The van der Waals surface area contributed by atoms with Crippen LogP contribution in [0.25, 0.3) is 0 Å². The number of carbonyl (C=O) groups is 1. The molecular weight excluding hydrogens is 262 g/mol. The van der Waals surface area contributed by atoms with Crippen molar-refractivity contribution in [1.82, 2.24) is 19.9 Å². The number of anilines is 1. The molecule has 19 heavy (non-hydrogen) atoms. The van der Waals surface area contributed by atoms with Crippen LogP contribution >= 0.6 is 11.3 Å². The summed E-state index contributed by atoms with van der Waals surface area (Å²) in [4.78, 5) is 19.8. The first-order chi connectivity index (χ1) is 9.28. The van der Waals surface area contributed by atoms with Gasteiger partial charge < -0.3 is 9.88 Å². The molecule has 0 saturated carbocycles. The van der Waals surface area contributed by atoms with Crippen LogP contribution in [0.2, 0.25) is 0 Å². The topological polar surface area (TPSA) is 71.8 Å². The van der Waals surface area contributed by atoms with E-state index in [1.165, 1.54) is 11.3 Å². The van der Waals surface area contributed by atoms with Crippen LogP contribution < -0.4 is 10.6 Å². The van der Waals surface area contributed by atoms with Crippen molar-refractivity contribution < 1.29 is 4.79 Å². The predicted molar refractivity (Wildman–Crippen MR) is 75.4 cm³/mol. The molecule has 0 aliphatic carbocycles. The van der Waals surface area contributed by atoms with Gasteiger partial charge in [0.2, 0.25) is 0 Å². The zero-order valence-corrected chi connectivity index (χ0v) is 11.6. The molecule has 0 fully saturated rings. The molecule has 0 aliphatic rings. The molecule has 2 heterocycles. The molecule has 0 radical (unpaired) electrons. The van der Waals surface area contributed by atoms with Gasteiger partial charge in [0, 0.05) is 30.9 Å². The molecule has 2 aromatic rings. The lowest BCUT2D eigenvalue weighted by atomic mass is 10.4. The molecule has 0 bridgehead atoms. The quantitative estimate of drug-likeness (QED) is 0.796. The predicted octanol–water partition coefficient (Wildman–Crippen LogP) is 2.11. The number of aryl methyl sites for hydroxylation is 2. The Hall–Kier alpha value is -1.89. The van der Waals surface area contributed by atoms with Crippen molar-refractivity contribution in [3.63, 3.8) is 0 Å². The van der Waals surface area contributed by atoms with Gasteiger partial charge in [-0.1, -0.05) is 6.92 Å². The van der Waals surface area contributed by atoms with Crippen LogP contribution in [-0.4, -0.2) is 27.1 Å². The third-order valence-electron chi connectivity index (χ3n) is 2.57. The molecule has 6 nitrogen and oxygen atoms in total. The molecule has 0 spiro atoms. The Morgan fingerprint density at radius 1 is 1.53 bits per heavy atom. The number of thiazole rings is 1. The first-order valence-electron chi connectivity index (χ1n) is 6.23. The highest BCUT2D eigenvalue weighted by Crippen LogP contribution is 2.15. The van der Waals surface area contributed by atoms with E-state index >= 15 is 0 Å². The lowest BCUT2D eigenvalue weighted by Crippen LogP contribution is -2.30. The van der Waals surface area contributed by atoms with Gasteiger partial charge in [-0.25, -0.2) is 14.8 Å². The van der Waals surface area contributed by atoms with Gasteiger partial charge in [0.25, 0.3) is 0 Å². The van der Waals surface area contributed by atoms with Crippen LogP contribution in [0.1, 0.15) is 19.0 Å². The summed E-state index contributed by atoms with van der Waals surface area (Å²) in [6.07, 6.45) is 7.16. The van der Waals surface area contributed by atoms with Crippen LogP contribution in [0.3, 0.4) is 0 Å². The van der Waals surface area contributed by atoms with Gasteiger partial charge in [-0.2, -0.15) is 0 Å². The summed E-state index contributed by atoms with van der Waals surface area (Å²) >= 11 is 1.44. The van der Waals surface area contributed by atoms with Gasteiger partial charge in [-0.15, -0.1) is 11.3 Å². The Bertz CT molecular complexity index is 508. The summed E-state index contributed by atoms with van der Waals surface area (Å²) in [6.45, 7) is 3.50. The second-order valence-corrected chi connectivity index (χ2v) is 4.89. The molecule has 0 aliphatic heterocycles. The standard InChI is InChI=1S/C12H17N5OS/c1-2-10-8-19-12(15-10)16-11(18)14-4-3-6-17-7-5-13-9-17/h5,7-9H,2-4,6H2,1H3,(H2,14,15,16,18). The van der Waals surface area contributed by atoms with Gasteiger partial charge in [0.15, 0.2) is 5.13 Å². The molecule has 0 aromatic carbocycles. The van der Waals surface area contributed by atoms with Crippen molar-refractivity contribution in [2.24, 2.45) is 0 Å². The number of hydrogen-bond acceptors (Lipinski definition) is 4. The molecule has 102 valence electrons. The Balaban J connectivity index is 1.64. The maximum atomic E-state index is 11.6. The summed E-state index contributed by atoms with van der Waals surface area (Å²) in [5, 5.41) is 8.13. The Morgan fingerprint density at radius 2 is 2.42 bits per heavy atom. The largest absolute Gasteiger partial charge is 0.338 e. The van der Waals surface area contributed by atoms with Crippen LogP contribution in [-0.2, 0) is 13.0 Å². The molecule has 0 unspecified atom stereocenters. The van der Waals surface area contributed by atoms with Crippen molar-refractivity contribution in [3.05, 3.63) is 29.8 Å². The molecule has 0 saturated heterocycles. The van der Waals surface area contributed by atoms with Crippen molar-refractivity contribution >= 4 is 22.5 Å². The van der Waals surface area contributed by atoms with E-state index in [0.717, 1.165) is 25.1 Å². The molecule has 2 N–H and O–H groups in total. The molecular formula is C12H17N5OS. The monoisotopic (exact) mass is 279 g/mol. The Kier molecular flexibility index (Phi) is 4.91. The smallest absolute Gasteiger partial charge is 0.321 e. The summed E-state index contributed by atoms with van der Waals surface area (Å²) in [6, 6.07) is -0.206. The molecule has 7 heteroatoms. The average Bonchev–Trinajstić information content (AvgIpc) is 3.05. The number of carbonyl (C=O) groups excluding carboxylic acids is 1.